The standard InChI is InChI=1S/C21H36N4O3S/c1-4-9-16(10-5-2)18(25(15-26)17-11-7-6-8-12-17)19(27)20-23-24-21(28-20)29-14-13-22-3/h15-18,22H,4-14H2,1-3H3. The number of ketones is 1. The summed E-state index contributed by atoms with van der Waals surface area (Å²) in [6.07, 6.45) is 9.97. The highest BCUT2D eigenvalue weighted by Gasteiger charge is 2.39. The van der Waals surface area contributed by atoms with Gasteiger partial charge in [0.2, 0.25) is 12.2 Å². The molecule has 0 spiro atoms. The van der Waals surface area contributed by atoms with Gasteiger partial charge in [-0.25, -0.2) is 0 Å². The highest BCUT2D eigenvalue weighted by atomic mass is 32.2. The van der Waals surface area contributed by atoms with E-state index in [-0.39, 0.29) is 23.6 Å². The predicted octanol–water partition coefficient (Wildman–Crippen LogP) is 3.94. The van der Waals surface area contributed by atoms with Gasteiger partial charge in [-0.15, -0.1) is 10.2 Å². The smallest absolute Gasteiger partial charge is 0.286 e. The molecule has 1 saturated carbocycles. The molecule has 1 aliphatic rings. The number of amides is 1. The van der Waals surface area contributed by atoms with Gasteiger partial charge in [0.15, 0.2) is 0 Å². The molecule has 0 bridgehead atoms. The molecule has 0 radical (unpaired) electrons. The second-order valence-corrected chi connectivity index (χ2v) is 8.86. The Balaban J connectivity index is 2.26. The Morgan fingerprint density at radius 2 is 1.93 bits per heavy atom. The highest BCUT2D eigenvalue weighted by Crippen LogP contribution is 2.31. The van der Waals surface area contributed by atoms with Gasteiger partial charge in [-0.3, -0.25) is 9.59 Å². The fourth-order valence-electron chi connectivity index (χ4n) is 4.29. The lowest BCUT2D eigenvalue weighted by atomic mass is 9.84. The summed E-state index contributed by atoms with van der Waals surface area (Å²) in [6, 6.07) is -0.398. The lowest BCUT2D eigenvalue weighted by Gasteiger charge is -2.39. The Labute approximate surface area is 178 Å². The number of rotatable bonds is 14. The van der Waals surface area contributed by atoms with Crippen molar-refractivity contribution in [3.05, 3.63) is 5.89 Å². The predicted molar refractivity (Wildman–Crippen MR) is 115 cm³/mol. The van der Waals surface area contributed by atoms with Gasteiger partial charge in [-0.1, -0.05) is 57.7 Å². The van der Waals surface area contributed by atoms with Crippen LogP contribution in [0.3, 0.4) is 0 Å². The van der Waals surface area contributed by atoms with Gasteiger partial charge in [-0.05, 0) is 38.6 Å². The van der Waals surface area contributed by atoms with E-state index in [4.69, 9.17) is 4.42 Å². The number of hydrogen-bond acceptors (Lipinski definition) is 7. The maximum Gasteiger partial charge on any atom is 0.286 e. The van der Waals surface area contributed by atoms with Crippen molar-refractivity contribution in [3.63, 3.8) is 0 Å². The van der Waals surface area contributed by atoms with Gasteiger partial charge in [0.05, 0.1) is 0 Å². The molecular formula is C21H36N4O3S. The van der Waals surface area contributed by atoms with Crippen molar-refractivity contribution in [3.8, 4) is 0 Å². The van der Waals surface area contributed by atoms with Crippen LogP contribution in [0.4, 0.5) is 0 Å². The number of nitrogens with one attached hydrogen (secondary N) is 1. The van der Waals surface area contributed by atoms with Crippen molar-refractivity contribution in [2.75, 3.05) is 19.3 Å². The van der Waals surface area contributed by atoms with Crippen LogP contribution in [0.5, 0.6) is 0 Å². The normalized spacial score (nSPS) is 16.1. The summed E-state index contributed by atoms with van der Waals surface area (Å²) in [7, 11) is 1.88. The third kappa shape index (κ3) is 6.81. The van der Waals surface area contributed by atoms with Crippen LogP contribution in [0, 0.1) is 5.92 Å². The summed E-state index contributed by atoms with van der Waals surface area (Å²) in [6.45, 7) is 5.06. The van der Waals surface area contributed by atoms with Gasteiger partial charge in [-0.2, -0.15) is 0 Å². The number of carbonyl (C=O) groups excluding carboxylic acids is 2. The number of hydrogen-bond donors (Lipinski definition) is 1. The van der Waals surface area contributed by atoms with E-state index < -0.39 is 6.04 Å². The molecule has 1 unspecified atom stereocenters. The molecule has 1 aromatic rings. The first kappa shape index (κ1) is 23.9. The largest absolute Gasteiger partial charge is 0.408 e. The molecule has 164 valence electrons. The molecule has 1 N–H and O–H groups in total. The van der Waals surface area contributed by atoms with E-state index in [1.807, 2.05) is 7.05 Å². The number of carbonyl (C=O) groups is 2. The molecule has 1 fully saturated rings. The van der Waals surface area contributed by atoms with Crippen LogP contribution in [0.1, 0.15) is 82.3 Å². The van der Waals surface area contributed by atoms with E-state index in [9.17, 15) is 9.59 Å². The Bertz CT molecular complexity index is 613. The fourth-order valence-corrected chi connectivity index (χ4v) is 5.00. The lowest BCUT2D eigenvalue weighted by molar-refractivity contribution is -0.123. The molecule has 7 nitrogen and oxygen atoms in total. The molecule has 0 saturated heterocycles. The maximum absolute atomic E-state index is 13.5. The van der Waals surface area contributed by atoms with Gasteiger partial charge in [0.25, 0.3) is 11.1 Å². The Kier molecular flexibility index (Phi) is 10.7. The van der Waals surface area contributed by atoms with Crippen LogP contribution in [0.2, 0.25) is 0 Å². The summed E-state index contributed by atoms with van der Waals surface area (Å²) < 4.78 is 5.68. The van der Waals surface area contributed by atoms with Crippen LogP contribution >= 0.6 is 11.8 Å². The zero-order chi connectivity index (χ0) is 21.1. The molecule has 0 aliphatic heterocycles. The third-order valence-electron chi connectivity index (χ3n) is 5.67. The lowest BCUT2D eigenvalue weighted by Crippen LogP contribution is -2.51. The van der Waals surface area contributed by atoms with Crippen molar-refractivity contribution >= 4 is 24.0 Å². The fraction of sp³-hybridized carbons (Fsp3) is 0.810. The minimum absolute atomic E-state index is 0.0295. The van der Waals surface area contributed by atoms with Crippen LogP contribution in [-0.4, -0.2) is 58.7 Å². The summed E-state index contributed by atoms with van der Waals surface area (Å²) in [5.74, 6) is 0.716. The van der Waals surface area contributed by atoms with Gasteiger partial charge in [0.1, 0.15) is 6.04 Å². The van der Waals surface area contributed by atoms with Crippen molar-refractivity contribution < 1.29 is 14.0 Å². The minimum atomic E-state index is -0.522. The molecule has 1 amide bonds. The highest BCUT2D eigenvalue weighted by molar-refractivity contribution is 7.99. The van der Waals surface area contributed by atoms with Crippen molar-refractivity contribution in [2.45, 2.75) is 88.9 Å². The zero-order valence-corrected chi connectivity index (χ0v) is 18.9. The van der Waals surface area contributed by atoms with Gasteiger partial charge in [0, 0.05) is 18.3 Å². The molecule has 8 heteroatoms. The van der Waals surface area contributed by atoms with Crippen LogP contribution < -0.4 is 5.32 Å². The Morgan fingerprint density at radius 3 is 2.52 bits per heavy atom. The second-order valence-electron chi connectivity index (χ2n) is 7.82. The summed E-state index contributed by atoms with van der Waals surface area (Å²) in [5, 5.41) is 11.5. The van der Waals surface area contributed by atoms with Gasteiger partial charge < -0.3 is 14.6 Å². The number of aromatic nitrogens is 2. The minimum Gasteiger partial charge on any atom is -0.408 e. The van der Waals surface area contributed by atoms with E-state index >= 15 is 0 Å². The van der Waals surface area contributed by atoms with Crippen molar-refractivity contribution in [1.82, 2.24) is 20.4 Å². The van der Waals surface area contributed by atoms with Crippen molar-refractivity contribution in [2.24, 2.45) is 5.92 Å². The van der Waals surface area contributed by atoms with E-state index in [1.165, 1.54) is 18.2 Å². The average Bonchev–Trinajstić information content (AvgIpc) is 3.21. The number of nitrogens with zero attached hydrogens (tertiary/aromatic N) is 3. The number of Topliss-reactive ketones (excluding diaryl/α,β-unsaturated/α-hetero) is 1. The van der Waals surface area contributed by atoms with E-state index in [2.05, 4.69) is 29.4 Å². The maximum atomic E-state index is 13.5. The molecule has 1 aromatic heterocycles. The first-order valence-electron chi connectivity index (χ1n) is 11.0. The molecule has 1 aliphatic carbocycles. The Hall–Kier alpha value is -1.41. The SMILES string of the molecule is CCCC(CCC)C(C(=O)c1nnc(SCCNC)o1)N(C=O)C1CCCCC1. The summed E-state index contributed by atoms with van der Waals surface area (Å²) >= 11 is 1.43. The van der Waals surface area contributed by atoms with E-state index in [1.54, 1.807) is 4.90 Å². The second kappa shape index (κ2) is 13.0. The van der Waals surface area contributed by atoms with E-state index in [0.29, 0.717) is 5.22 Å². The summed E-state index contributed by atoms with van der Waals surface area (Å²) in [4.78, 5) is 27.5. The molecular weight excluding hydrogens is 388 g/mol. The average molecular weight is 425 g/mol. The molecule has 2 rings (SSSR count). The molecule has 1 heterocycles. The van der Waals surface area contributed by atoms with Gasteiger partial charge >= 0.3 is 0 Å². The quantitative estimate of drug-likeness (QED) is 0.209. The van der Waals surface area contributed by atoms with Crippen molar-refractivity contribution in [1.29, 1.82) is 0 Å². The zero-order valence-electron chi connectivity index (χ0n) is 18.1. The molecule has 29 heavy (non-hydrogen) atoms. The molecule has 1 atom stereocenters. The monoisotopic (exact) mass is 424 g/mol. The Morgan fingerprint density at radius 1 is 1.24 bits per heavy atom. The first-order chi connectivity index (χ1) is 14.2. The topological polar surface area (TPSA) is 88.3 Å². The molecule has 0 aromatic carbocycles. The van der Waals surface area contributed by atoms with Crippen LogP contribution in [0.15, 0.2) is 9.64 Å². The number of thioether (sulfide) groups is 1. The summed E-state index contributed by atoms with van der Waals surface area (Å²) in [5.41, 5.74) is 0. The first-order valence-corrected chi connectivity index (χ1v) is 12.0. The van der Waals surface area contributed by atoms with Crippen LogP contribution in [-0.2, 0) is 4.79 Å². The van der Waals surface area contributed by atoms with E-state index in [0.717, 1.165) is 70.1 Å². The van der Waals surface area contributed by atoms with Crippen LogP contribution in [0.25, 0.3) is 0 Å². The third-order valence-corrected chi connectivity index (χ3v) is 6.49.